The second kappa shape index (κ2) is 3.49. The minimum atomic E-state index is 0.551. The lowest BCUT2D eigenvalue weighted by Gasteiger charge is -2.04. The molecule has 0 saturated heterocycles. The van der Waals surface area contributed by atoms with Crippen LogP contribution in [-0.4, -0.2) is 4.98 Å². The van der Waals surface area contributed by atoms with Gasteiger partial charge in [-0.3, -0.25) is 4.98 Å². The average molecular weight is 175 g/mol. The molecule has 0 atom stereocenters. The van der Waals surface area contributed by atoms with Crippen molar-refractivity contribution in [3.63, 3.8) is 0 Å². The summed E-state index contributed by atoms with van der Waals surface area (Å²) < 4.78 is 0. The lowest BCUT2D eigenvalue weighted by Crippen LogP contribution is -1.94. The molecule has 0 amide bonds. The number of aromatic nitrogens is 1. The quantitative estimate of drug-likeness (QED) is 0.687. The third kappa shape index (κ3) is 2.30. The molecule has 1 heterocycles. The monoisotopic (exact) mass is 175 g/mol. The number of hydrogen-bond acceptors (Lipinski definition) is 1. The molecule has 1 aromatic rings. The summed E-state index contributed by atoms with van der Waals surface area (Å²) in [6.45, 7) is 4.37. The van der Waals surface area contributed by atoms with Crippen LogP contribution in [0.1, 0.15) is 43.9 Å². The molecule has 1 fully saturated rings. The molecule has 0 N–H and O–H groups in total. The second-order valence-electron chi connectivity index (χ2n) is 4.39. The summed E-state index contributed by atoms with van der Waals surface area (Å²) in [6.07, 6.45) is 6.14. The lowest BCUT2D eigenvalue weighted by molar-refractivity contribution is 0.797. The second-order valence-corrected chi connectivity index (χ2v) is 4.39. The Balaban J connectivity index is 2.04. The molecular formula is C12H17N. The predicted octanol–water partition coefficient (Wildman–Crippen LogP) is 3.16. The minimum absolute atomic E-state index is 0.551. The summed E-state index contributed by atoms with van der Waals surface area (Å²) in [4.78, 5) is 4.46. The SMILES string of the molecule is CC(C)c1ccc(CC2CC2)cn1. The Bertz CT molecular complexity index is 270. The third-order valence-electron chi connectivity index (χ3n) is 2.66. The van der Waals surface area contributed by atoms with Crippen molar-refractivity contribution < 1.29 is 0 Å². The van der Waals surface area contributed by atoms with Crippen molar-refractivity contribution in [2.75, 3.05) is 0 Å². The number of pyridine rings is 1. The number of hydrogen-bond donors (Lipinski definition) is 0. The molecule has 0 aliphatic heterocycles. The van der Waals surface area contributed by atoms with E-state index in [9.17, 15) is 0 Å². The van der Waals surface area contributed by atoms with Crippen LogP contribution in [0.25, 0.3) is 0 Å². The Morgan fingerprint density at radius 2 is 2.15 bits per heavy atom. The first-order chi connectivity index (χ1) is 6.25. The van der Waals surface area contributed by atoms with Gasteiger partial charge in [-0.15, -0.1) is 0 Å². The first kappa shape index (κ1) is 8.74. The van der Waals surface area contributed by atoms with Crippen molar-refractivity contribution in [2.45, 2.75) is 39.0 Å². The average Bonchev–Trinajstić information content (AvgIpc) is 2.89. The van der Waals surface area contributed by atoms with E-state index in [0.717, 1.165) is 5.92 Å². The predicted molar refractivity (Wildman–Crippen MR) is 54.8 cm³/mol. The minimum Gasteiger partial charge on any atom is -0.261 e. The molecule has 0 spiro atoms. The molecule has 0 radical (unpaired) electrons. The van der Waals surface area contributed by atoms with Gasteiger partial charge in [-0.1, -0.05) is 19.9 Å². The van der Waals surface area contributed by atoms with Crippen molar-refractivity contribution >= 4 is 0 Å². The van der Waals surface area contributed by atoms with Gasteiger partial charge in [0.1, 0.15) is 0 Å². The molecule has 0 bridgehead atoms. The van der Waals surface area contributed by atoms with E-state index in [-0.39, 0.29) is 0 Å². The van der Waals surface area contributed by atoms with E-state index in [1.807, 2.05) is 6.20 Å². The van der Waals surface area contributed by atoms with E-state index in [0.29, 0.717) is 5.92 Å². The zero-order valence-corrected chi connectivity index (χ0v) is 8.46. The standard InChI is InChI=1S/C12H17N/c1-9(2)12-6-5-11(8-13-12)7-10-3-4-10/h5-6,8-10H,3-4,7H2,1-2H3. The van der Waals surface area contributed by atoms with Gasteiger partial charge >= 0.3 is 0 Å². The molecule has 1 aliphatic rings. The van der Waals surface area contributed by atoms with Crippen LogP contribution in [0.15, 0.2) is 18.3 Å². The van der Waals surface area contributed by atoms with E-state index in [4.69, 9.17) is 0 Å². The Morgan fingerprint density at radius 1 is 1.38 bits per heavy atom. The van der Waals surface area contributed by atoms with Gasteiger partial charge in [0, 0.05) is 11.9 Å². The summed E-state index contributed by atoms with van der Waals surface area (Å²) in [5, 5.41) is 0. The van der Waals surface area contributed by atoms with Crippen LogP contribution in [0.2, 0.25) is 0 Å². The van der Waals surface area contributed by atoms with Crippen LogP contribution >= 0.6 is 0 Å². The number of rotatable bonds is 3. The number of nitrogens with zero attached hydrogens (tertiary/aromatic N) is 1. The Hall–Kier alpha value is -0.850. The van der Waals surface area contributed by atoms with Gasteiger partial charge in [-0.25, -0.2) is 0 Å². The largest absolute Gasteiger partial charge is 0.261 e. The highest BCUT2D eigenvalue weighted by Gasteiger charge is 2.21. The normalized spacial score (nSPS) is 16.5. The molecule has 1 aromatic heterocycles. The molecule has 2 rings (SSSR count). The fraction of sp³-hybridized carbons (Fsp3) is 0.583. The summed E-state index contributed by atoms with van der Waals surface area (Å²) in [5.74, 6) is 1.52. The molecule has 0 unspecified atom stereocenters. The van der Waals surface area contributed by atoms with Gasteiger partial charge in [0.2, 0.25) is 0 Å². The topological polar surface area (TPSA) is 12.9 Å². The maximum absolute atomic E-state index is 4.46. The Morgan fingerprint density at radius 3 is 2.62 bits per heavy atom. The molecule has 70 valence electrons. The molecule has 13 heavy (non-hydrogen) atoms. The highest BCUT2D eigenvalue weighted by atomic mass is 14.7. The molecule has 1 nitrogen and oxygen atoms in total. The van der Waals surface area contributed by atoms with Crippen LogP contribution in [0.4, 0.5) is 0 Å². The Kier molecular flexibility index (Phi) is 2.34. The van der Waals surface area contributed by atoms with Crippen LogP contribution < -0.4 is 0 Å². The van der Waals surface area contributed by atoms with E-state index in [1.165, 1.54) is 30.5 Å². The van der Waals surface area contributed by atoms with Gasteiger partial charge in [0.05, 0.1) is 0 Å². The fourth-order valence-corrected chi connectivity index (χ4v) is 1.55. The van der Waals surface area contributed by atoms with Gasteiger partial charge in [-0.2, -0.15) is 0 Å². The summed E-state index contributed by atoms with van der Waals surface area (Å²) >= 11 is 0. The highest BCUT2D eigenvalue weighted by Crippen LogP contribution is 2.32. The smallest absolute Gasteiger partial charge is 0.0429 e. The van der Waals surface area contributed by atoms with E-state index in [2.05, 4.69) is 31.0 Å². The summed E-state index contributed by atoms with van der Waals surface area (Å²) in [5.41, 5.74) is 2.62. The van der Waals surface area contributed by atoms with Crippen LogP contribution in [0.5, 0.6) is 0 Å². The van der Waals surface area contributed by atoms with Crippen LogP contribution in [0.3, 0.4) is 0 Å². The van der Waals surface area contributed by atoms with Crippen molar-refractivity contribution in [2.24, 2.45) is 5.92 Å². The van der Waals surface area contributed by atoms with Crippen LogP contribution in [0, 0.1) is 5.92 Å². The third-order valence-corrected chi connectivity index (χ3v) is 2.66. The van der Waals surface area contributed by atoms with Gasteiger partial charge < -0.3 is 0 Å². The first-order valence-corrected chi connectivity index (χ1v) is 5.20. The summed E-state index contributed by atoms with van der Waals surface area (Å²) in [7, 11) is 0. The molecule has 1 aliphatic carbocycles. The maximum Gasteiger partial charge on any atom is 0.0429 e. The molecule has 1 saturated carbocycles. The van der Waals surface area contributed by atoms with E-state index in [1.54, 1.807) is 0 Å². The van der Waals surface area contributed by atoms with Crippen molar-refractivity contribution in [1.29, 1.82) is 0 Å². The molecular weight excluding hydrogens is 158 g/mol. The zero-order valence-electron chi connectivity index (χ0n) is 8.46. The maximum atomic E-state index is 4.46. The van der Waals surface area contributed by atoms with Crippen molar-refractivity contribution in [3.05, 3.63) is 29.6 Å². The van der Waals surface area contributed by atoms with Crippen molar-refractivity contribution in [3.8, 4) is 0 Å². The first-order valence-electron chi connectivity index (χ1n) is 5.20. The molecule has 0 aromatic carbocycles. The van der Waals surface area contributed by atoms with Crippen molar-refractivity contribution in [1.82, 2.24) is 4.98 Å². The molecule has 1 heteroatoms. The lowest BCUT2D eigenvalue weighted by atomic mass is 10.1. The van der Waals surface area contributed by atoms with Gasteiger partial charge in [0.15, 0.2) is 0 Å². The van der Waals surface area contributed by atoms with E-state index < -0.39 is 0 Å². The van der Waals surface area contributed by atoms with Crippen LogP contribution in [-0.2, 0) is 6.42 Å². The highest BCUT2D eigenvalue weighted by molar-refractivity contribution is 5.17. The van der Waals surface area contributed by atoms with Gasteiger partial charge in [-0.05, 0) is 42.7 Å². The fourth-order valence-electron chi connectivity index (χ4n) is 1.55. The summed E-state index contributed by atoms with van der Waals surface area (Å²) in [6, 6.07) is 4.41. The van der Waals surface area contributed by atoms with E-state index >= 15 is 0 Å². The Labute approximate surface area is 80.2 Å². The van der Waals surface area contributed by atoms with Gasteiger partial charge in [0.25, 0.3) is 0 Å². The zero-order chi connectivity index (χ0) is 9.26.